The van der Waals surface area contributed by atoms with Crippen LogP contribution in [-0.2, 0) is 17.5 Å². The number of amides is 1. The maximum atomic E-state index is 12.8. The van der Waals surface area contributed by atoms with Gasteiger partial charge in [0.15, 0.2) is 0 Å². The number of nitrogens with zero attached hydrogens (tertiary/aromatic N) is 4. The highest BCUT2D eigenvalue weighted by molar-refractivity contribution is 6.33. The van der Waals surface area contributed by atoms with Crippen LogP contribution >= 0.6 is 23.2 Å². The van der Waals surface area contributed by atoms with E-state index in [2.05, 4.69) is 20.7 Å². The summed E-state index contributed by atoms with van der Waals surface area (Å²) in [7, 11) is 0. The van der Waals surface area contributed by atoms with Crippen LogP contribution in [-0.4, -0.2) is 26.1 Å². The van der Waals surface area contributed by atoms with Crippen molar-refractivity contribution in [3.8, 4) is 11.4 Å². The van der Waals surface area contributed by atoms with E-state index in [-0.39, 0.29) is 23.1 Å². The Morgan fingerprint density at radius 2 is 1.93 bits per heavy atom. The molecule has 1 amide bonds. The van der Waals surface area contributed by atoms with E-state index in [9.17, 15) is 18.0 Å². The first-order valence-corrected chi connectivity index (χ1v) is 8.18. The molecular weight excluding hydrogens is 406 g/mol. The molecule has 0 saturated heterocycles. The highest BCUT2D eigenvalue weighted by atomic mass is 35.5. The summed E-state index contributed by atoms with van der Waals surface area (Å²) < 4.78 is 38.3. The Hall–Kier alpha value is -2.65. The zero-order valence-electron chi connectivity index (χ0n) is 13.3. The number of hydrogen-bond donors (Lipinski definition) is 1. The molecule has 0 fully saturated rings. The summed E-state index contributed by atoms with van der Waals surface area (Å²) in [6.07, 6.45) is -4.55. The van der Waals surface area contributed by atoms with E-state index in [4.69, 9.17) is 23.2 Å². The van der Waals surface area contributed by atoms with Gasteiger partial charge in [-0.25, -0.2) is 0 Å². The molecule has 11 heteroatoms. The zero-order valence-corrected chi connectivity index (χ0v) is 14.8. The van der Waals surface area contributed by atoms with Crippen LogP contribution in [0.15, 0.2) is 42.5 Å². The average Bonchev–Trinajstić information content (AvgIpc) is 3.04. The molecule has 3 aromatic rings. The van der Waals surface area contributed by atoms with Gasteiger partial charge in [-0.3, -0.25) is 4.79 Å². The SMILES string of the molecule is O=C(Cn1nnc(-c2cccc(Cl)c2)n1)Nc1cc(C(F)(F)F)ccc1Cl. The van der Waals surface area contributed by atoms with Gasteiger partial charge in [0.25, 0.3) is 0 Å². The van der Waals surface area contributed by atoms with Crippen molar-refractivity contribution < 1.29 is 18.0 Å². The highest BCUT2D eigenvalue weighted by Gasteiger charge is 2.31. The van der Waals surface area contributed by atoms with Gasteiger partial charge in [-0.1, -0.05) is 35.3 Å². The number of anilines is 1. The maximum absolute atomic E-state index is 12.8. The van der Waals surface area contributed by atoms with Gasteiger partial charge in [0.2, 0.25) is 11.7 Å². The fourth-order valence-electron chi connectivity index (χ4n) is 2.17. The molecule has 0 bridgehead atoms. The van der Waals surface area contributed by atoms with Crippen LogP contribution in [0.3, 0.4) is 0 Å². The number of nitrogens with one attached hydrogen (secondary N) is 1. The van der Waals surface area contributed by atoms with Crippen LogP contribution in [0.5, 0.6) is 0 Å². The summed E-state index contributed by atoms with van der Waals surface area (Å²) in [5.41, 5.74) is -0.480. The second kappa shape index (κ2) is 7.53. The summed E-state index contributed by atoms with van der Waals surface area (Å²) in [5, 5.41) is 14.4. The molecule has 27 heavy (non-hydrogen) atoms. The zero-order chi connectivity index (χ0) is 19.6. The number of aromatic nitrogens is 4. The largest absolute Gasteiger partial charge is 0.416 e. The average molecular weight is 416 g/mol. The third-order valence-electron chi connectivity index (χ3n) is 3.39. The van der Waals surface area contributed by atoms with Crippen molar-refractivity contribution in [3.05, 3.63) is 58.1 Å². The molecule has 3 rings (SSSR count). The quantitative estimate of drug-likeness (QED) is 0.689. The van der Waals surface area contributed by atoms with Crippen molar-refractivity contribution >= 4 is 34.8 Å². The maximum Gasteiger partial charge on any atom is 0.416 e. The Labute approximate surface area is 160 Å². The third-order valence-corrected chi connectivity index (χ3v) is 3.95. The summed E-state index contributed by atoms with van der Waals surface area (Å²) in [5.74, 6) is -0.409. The molecular formula is C16H10Cl2F3N5O. The first-order valence-electron chi connectivity index (χ1n) is 7.43. The fraction of sp³-hybridized carbons (Fsp3) is 0.125. The minimum atomic E-state index is -4.55. The lowest BCUT2D eigenvalue weighted by Crippen LogP contribution is -2.21. The van der Waals surface area contributed by atoms with E-state index in [0.29, 0.717) is 10.6 Å². The summed E-state index contributed by atoms with van der Waals surface area (Å²) in [6, 6.07) is 9.38. The summed E-state index contributed by atoms with van der Waals surface area (Å²) in [6.45, 7) is -0.361. The molecule has 2 aromatic carbocycles. The fourth-order valence-corrected chi connectivity index (χ4v) is 2.52. The van der Waals surface area contributed by atoms with Gasteiger partial charge in [-0.2, -0.15) is 18.0 Å². The van der Waals surface area contributed by atoms with Crippen molar-refractivity contribution in [3.63, 3.8) is 0 Å². The third kappa shape index (κ3) is 4.75. The normalized spacial score (nSPS) is 11.4. The molecule has 0 unspecified atom stereocenters. The molecule has 0 spiro atoms. The Morgan fingerprint density at radius 1 is 1.15 bits per heavy atom. The van der Waals surface area contributed by atoms with E-state index < -0.39 is 17.6 Å². The van der Waals surface area contributed by atoms with Crippen LogP contribution in [0, 0.1) is 0 Å². The monoisotopic (exact) mass is 415 g/mol. The molecule has 0 aliphatic heterocycles. The minimum absolute atomic E-state index is 0.0254. The number of hydrogen-bond acceptors (Lipinski definition) is 4. The summed E-state index contributed by atoms with van der Waals surface area (Å²) in [4.78, 5) is 13.1. The lowest BCUT2D eigenvalue weighted by molar-refractivity contribution is -0.137. The Bertz CT molecular complexity index is 990. The minimum Gasteiger partial charge on any atom is -0.323 e. The van der Waals surface area contributed by atoms with Gasteiger partial charge in [0, 0.05) is 10.6 Å². The standard InChI is InChI=1S/C16H10Cl2F3N5O/c17-11-3-1-2-9(6-11)15-23-25-26(24-15)8-14(27)22-13-7-10(16(19,20)21)4-5-12(13)18/h1-7H,8H2,(H,22,27). The van der Waals surface area contributed by atoms with Crippen LogP contribution in [0.1, 0.15) is 5.56 Å². The van der Waals surface area contributed by atoms with Gasteiger partial charge in [-0.05, 0) is 35.5 Å². The molecule has 0 radical (unpaired) electrons. The number of alkyl halides is 3. The van der Waals surface area contributed by atoms with E-state index in [1.807, 2.05) is 0 Å². The molecule has 0 aliphatic carbocycles. The van der Waals surface area contributed by atoms with E-state index in [0.717, 1.165) is 23.0 Å². The topological polar surface area (TPSA) is 72.7 Å². The molecule has 1 aromatic heterocycles. The Balaban J connectivity index is 1.72. The molecule has 140 valence electrons. The van der Waals surface area contributed by atoms with Crippen molar-refractivity contribution in [2.45, 2.75) is 12.7 Å². The Morgan fingerprint density at radius 3 is 2.63 bits per heavy atom. The van der Waals surface area contributed by atoms with Crippen LogP contribution in [0.2, 0.25) is 10.0 Å². The van der Waals surface area contributed by atoms with Gasteiger partial charge < -0.3 is 5.32 Å². The number of halogens is 5. The first-order chi connectivity index (χ1) is 12.7. The molecule has 0 atom stereocenters. The van der Waals surface area contributed by atoms with Crippen molar-refractivity contribution in [1.82, 2.24) is 20.2 Å². The second-order valence-electron chi connectivity index (χ2n) is 5.39. The van der Waals surface area contributed by atoms with Crippen LogP contribution < -0.4 is 5.32 Å². The number of tetrazole rings is 1. The van der Waals surface area contributed by atoms with E-state index in [1.54, 1.807) is 24.3 Å². The molecule has 6 nitrogen and oxygen atoms in total. The van der Waals surface area contributed by atoms with Gasteiger partial charge in [0.05, 0.1) is 16.3 Å². The lowest BCUT2D eigenvalue weighted by Gasteiger charge is -2.11. The van der Waals surface area contributed by atoms with Crippen LogP contribution in [0.4, 0.5) is 18.9 Å². The number of rotatable bonds is 4. The number of benzene rings is 2. The molecule has 0 saturated carbocycles. The number of carbonyl (C=O) groups is 1. The van der Waals surface area contributed by atoms with Gasteiger partial charge >= 0.3 is 6.18 Å². The van der Waals surface area contributed by atoms with E-state index in [1.165, 1.54) is 0 Å². The Kier molecular flexibility index (Phi) is 5.33. The second-order valence-corrected chi connectivity index (χ2v) is 6.24. The van der Waals surface area contributed by atoms with Gasteiger partial charge in [-0.15, -0.1) is 10.2 Å². The molecule has 0 aliphatic rings. The van der Waals surface area contributed by atoms with Crippen molar-refractivity contribution in [2.24, 2.45) is 0 Å². The van der Waals surface area contributed by atoms with Crippen molar-refractivity contribution in [1.29, 1.82) is 0 Å². The molecule has 1 N–H and O–H groups in total. The number of carbonyl (C=O) groups excluding carboxylic acids is 1. The van der Waals surface area contributed by atoms with E-state index >= 15 is 0 Å². The predicted molar refractivity (Wildman–Crippen MR) is 93.3 cm³/mol. The van der Waals surface area contributed by atoms with Crippen molar-refractivity contribution in [2.75, 3.05) is 5.32 Å². The lowest BCUT2D eigenvalue weighted by atomic mass is 10.2. The van der Waals surface area contributed by atoms with Crippen LogP contribution in [0.25, 0.3) is 11.4 Å². The first kappa shape index (κ1) is 19.1. The molecule has 1 heterocycles. The summed E-state index contributed by atoms with van der Waals surface area (Å²) >= 11 is 11.7. The highest BCUT2D eigenvalue weighted by Crippen LogP contribution is 2.33. The van der Waals surface area contributed by atoms with Gasteiger partial charge in [0.1, 0.15) is 6.54 Å². The predicted octanol–water partition coefficient (Wildman–Crippen LogP) is 4.30. The smallest absolute Gasteiger partial charge is 0.323 e.